The number of hydrogen-bond donors (Lipinski definition) is 0. The van der Waals surface area contributed by atoms with E-state index in [0.717, 1.165) is 17.7 Å². The van der Waals surface area contributed by atoms with E-state index in [0.29, 0.717) is 5.92 Å². The molecule has 2 saturated carbocycles. The Labute approximate surface area is 161 Å². The summed E-state index contributed by atoms with van der Waals surface area (Å²) in [5.41, 5.74) is 3.67. The van der Waals surface area contributed by atoms with Crippen LogP contribution < -0.4 is 0 Å². The molecule has 0 aliphatic heterocycles. The van der Waals surface area contributed by atoms with E-state index in [9.17, 15) is 4.79 Å². The van der Waals surface area contributed by atoms with E-state index >= 15 is 0 Å². The van der Waals surface area contributed by atoms with Crippen molar-refractivity contribution in [3.8, 4) is 0 Å². The molecule has 2 atom stereocenters. The van der Waals surface area contributed by atoms with Crippen molar-refractivity contribution in [1.82, 2.24) is 0 Å². The predicted molar refractivity (Wildman–Crippen MR) is 105 cm³/mol. The Bertz CT molecular complexity index is 820. The summed E-state index contributed by atoms with van der Waals surface area (Å²) in [6.45, 7) is 4.63. The van der Waals surface area contributed by atoms with Gasteiger partial charge in [0.15, 0.2) is 0 Å². The molecule has 142 valence electrons. The molecule has 0 saturated heterocycles. The minimum atomic E-state index is -0.0781. The minimum Gasteiger partial charge on any atom is -0.469 e. The molecule has 0 N–H and O–H groups in total. The summed E-state index contributed by atoms with van der Waals surface area (Å²) in [4.78, 5) is 12.6. The summed E-state index contributed by atoms with van der Waals surface area (Å²) in [5, 5.41) is 0. The monoisotopic (exact) mass is 364 g/mol. The maximum absolute atomic E-state index is 12.6. The van der Waals surface area contributed by atoms with Crippen molar-refractivity contribution >= 4 is 5.97 Å². The molecule has 0 bridgehead atoms. The van der Waals surface area contributed by atoms with Crippen LogP contribution in [0, 0.1) is 17.3 Å². The quantitative estimate of drug-likeness (QED) is 0.488. The lowest BCUT2D eigenvalue weighted by atomic mass is 10.1. The third-order valence-electron chi connectivity index (χ3n) is 6.14. The largest absolute Gasteiger partial charge is 0.469 e. The van der Waals surface area contributed by atoms with Crippen LogP contribution in [0.1, 0.15) is 56.4 Å². The predicted octanol–water partition coefficient (Wildman–Crippen LogP) is 5.69. The number of ether oxygens (including phenoxy) is 1. The van der Waals surface area contributed by atoms with E-state index in [1.807, 2.05) is 24.3 Å². The Kier molecular flexibility index (Phi) is 4.94. The van der Waals surface area contributed by atoms with Crippen molar-refractivity contribution in [3.63, 3.8) is 0 Å². The first-order valence-electron chi connectivity index (χ1n) is 10.0. The molecular formula is C24H28O3. The maximum atomic E-state index is 12.6. The molecule has 0 spiro atoms. The van der Waals surface area contributed by atoms with Gasteiger partial charge in [-0.3, -0.25) is 4.79 Å². The zero-order valence-electron chi connectivity index (χ0n) is 16.2. The summed E-state index contributed by atoms with van der Waals surface area (Å²) in [6.07, 6.45) is 9.79. The van der Waals surface area contributed by atoms with Crippen LogP contribution in [0.15, 0.2) is 58.7 Å². The summed E-state index contributed by atoms with van der Waals surface area (Å²) in [7, 11) is 0. The molecule has 2 aliphatic rings. The average molecular weight is 364 g/mol. The first-order chi connectivity index (χ1) is 13.0. The van der Waals surface area contributed by atoms with Gasteiger partial charge in [-0.15, -0.1) is 0 Å². The van der Waals surface area contributed by atoms with Gasteiger partial charge < -0.3 is 9.15 Å². The molecule has 0 amide bonds. The van der Waals surface area contributed by atoms with Crippen LogP contribution in [0.5, 0.6) is 0 Å². The number of esters is 1. The molecule has 3 heteroatoms. The Hall–Kier alpha value is -2.29. The van der Waals surface area contributed by atoms with Crippen LogP contribution in [-0.4, -0.2) is 5.97 Å². The molecule has 3 nitrogen and oxygen atoms in total. The Balaban J connectivity index is 1.31. The van der Waals surface area contributed by atoms with Crippen molar-refractivity contribution < 1.29 is 13.9 Å². The highest BCUT2D eigenvalue weighted by Gasteiger charge is 2.61. The summed E-state index contributed by atoms with van der Waals surface area (Å²) >= 11 is 0. The molecule has 0 radical (unpaired) electrons. The van der Waals surface area contributed by atoms with E-state index in [-0.39, 0.29) is 23.9 Å². The zero-order chi connectivity index (χ0) is 18.9. The van der Waals surface area contributed by atoms with E-state index in [4.69, 9.17) is 9.15 Å². The van der Waals surface area contributed by atoms with Gasteiger partial charge >= 0.3 is 5.97 Å². The highest BCUT2D eigenvalue weighted by molar-refractivity contribution is 5.78. The molecule has 27 heavy (non-hydrogen) atoms. The Morgan fingerprint density at radius 3 is 2.67 bits per heavy atom. The first kappa shape index (κ1) is 18.1. The summed E-state index contributed by atoms with van der Waals surface area (Å²) in [6, 6.07) is 12.2. The molecule has 2 fully saturated rings. The second-order valence-corrected chi connectivity index (χ2v) is 8.55. The highest BCUT2D eigenvalue weighted by Crippen LogP contribution is 2.60. The number of furan rings is 1. The van der Waals surface area contributed by atoms with Crippen LogP contribution >= 0.6 is 0 Å². The van der Waals surface area contributed by atoms with Crippen molar-refractivity contribution in [2.24, 2.45) is 17.3 Å². The minimum absolute atomic E-state index is 0.0127. The van der Waals surface area contributed by atoms with Crippen LogP contribution in [0.25, 0.3) is 0 Å². The van der Waals surface area contributed by atoms with E-state index in [1.54, 1.807) is 6.26 Å². The number of allylic oxidation sites excluding steroid dienone is 2. The molecule has 4 rings (SSSR count). The first-order valence-corrected chi connectivity index (χ1v) is 10.0. The zero-order valence-corrected chi connectivity index (χ0v) is 16.2. The van der Waals surface area contributed by atoms with Crippen LogP contribution in [0.4, 0.5) is 0 Å². The Morgan fingerprint density at radius 2 is 1.93 bits per heavy atom. The fourth-order valence-corrected chi connectivity index (χ4v) is 4.32. The fraction of sp³-hybridized carbons (Fsp3) is 0.458. The SMILES string of the molecule is CC1(C)C(C=C2CCCC2)[C@H]1C(=O)OCc1coc(Cc2ccccc2)c1. The van der Waals surface area contributed by atoms with Crippen molar-refractivity contribution in [2.75, 3.05) is 0 Å². The standard InChI is InChI=1S/C24H28O3/c1-24(2)21(14-18-10-6-7-11-18)22(24)23(25)27-16-19-13-20(26-15-19)12-17-8-4-3-5-9-17/h3-5,8-9,13-15,21-22H,6-7,10-12,16H2,1-2H3/t21?,22-/m0/s1. The second-order valence-electron chi connectivity index (χ2n) is 8.55. The Morgan fingerprint density at radius 1 is 1.19 bits per heavy atom. The van der Waals surface area contributed by atoms with Gasteiger partial charge in [0.05, 0.1) is 12.2 Å². The summed E-state index contributed by atoms with van der Waals surface area (Å²) < 4.78 is 11.2. The van der Waals surface area contributed by atoms with Gasteiger partial charge in [-0.05, 0) is 48.6 Å². The van der Waals surface area contributed by atoms with Crippen molar-refractivity contribution in [2.45, 2.75) is 52.6 Å². The fourth-order valence-electron chi connectivity index (χ4n) is 4.32. The lowest BCUT2D eigenvalue weighted by Crippen LogP contribution is -2.10. The van der Waals surface area contributed by atoms with Crippen LogP contribution in [0.3, 0.4) is 0 Å². The van der Waals surface area contributed by atoms with E-state index in [2.05, 4.69) is 32.1 Å². The van der Waals surface area contributed by atoms with Gasteiger partial charge in [-0.1, -0.05) is 55.8 Å². The van der Waals surface area contributed by atoms with Gasteiger partial charge in [0.2, 0.25) is 0 Å². The molecular weight excluding hydrogens is 336 g/mol. The number of rotatable bonds is 6. The van der Waals surface area contributed by atoms with Gasteiger partial charge in [0.1, 0.15) is 12.4 Å². The third kappa shape index (κ3) is 4.02. The second kappa shape index (κ2) is 7.38. The normalized spacial score (nSPS) is 23.3. The maximum Gasteiger partial charge on any atom is 0.310 e. The van der Waals surface area contributed by atoms with Crippen molar-refractivity contribution in [1.29, 1.82) is 0 Å². The number of carbonyl (C=O) groups excluding carboxylic acids is 1. The van der Waals surface area contributed by atoms with Gasteiger partial charge in [-0.2, -0.15) is 0 Å². The number of benzene rings is 1. The van der Waals surface area contributed by atoms with E-state index in [1.165, 1.54) is 36.8 Å². The molecule has 2 aromatic rings. The number of hydrogen-bond acceptors (Lipinski definition) is 3. The average Bonchev–Trinajstić information content (AvgIpc) is 3.10. The van der Waals surface area contributed by atoms with Crippen LogP contribution in [-0.2, 0) is 22.6 Å². The van der Waals surface area contributed by atoms with Gasteiger partial charge in [0.25, 0.3) is 0 Å². The lowest BCUT2D eigenvalue weighted by Gasteiger charge is -2.03. The lowest BCUT2D eigenvalue weighted by molar-refractivity contribution is -0.147. The number of carbonyl (C=O) groups is 1. The van der Waals surface area contributed by atoms with Crippen molar-refractivity contribution in [3.05, 3.63) is 71.2 Å². The molecule has 1 aromatic heterocycles. The topological polar surface area (TPSA) is 39.4 Å². The van der Waals surface area contributed by atoms with Gasteiger partial charge in [-0.25, -0.2) is 0 Å². The molecule has 1 aromatic carbocycles. The summed E-state index contributed by atoms with van der Waals surface area (Å²) in [5.74, 6) is 1.13. The third-order valence-corrected chi connectivity index (χ3v) is 6.14. The molecule has 2 aliphatic carbocycles. The highest BCUT2D eigenvalue weighted by atomic mass is 16.5. The van der Waals surface area contributed by atoms with Gasteiger partial charge in [0, 0.05) is 12.0 Å². The van der Waals surface area contributed by atoms with Crippen LogP contribution in [0.2, 0.25) is 0 Å². The molecule has 1 unspecified atom stereocenters. The smallest absolute Gasteiger partial charge is 0.310 e. The van der Waals surface area contributed by atoms with E-state index < -0.39 is 0 Å². The molecule has 1 heterocycles.